The summed E-state index contributed by atoms with van der Waals surface area (Å²) in [5, 5.41) is 6.83. The Balaban J connectivity index is 1.66. The van der Waals surface area contributed by atoms with E-state index in [1.807, 2.05) is 0 Å². The Kier molecular flexibility index (Phi) is 7.31. The number of morpholine rings is 1. The maximum absolute atomic E-state index is 11.9. The molecule has 0 spiro atoms. The third-order valence-electron chi connectivity index (χ3n) is 3.71. The number of hydrogen-bond acceptors (Lipinski definition) is 5. The minimum atomic E-state index is -0.326. The van der Waals surface area contributed by atoms with Crippen LogP contribution < -0.4 is 15.6 Å². The van der Waals surface area contributed by atoms with Crippen LogP contribution in [0.25, 0.3) is 0 Å². The van der Waals surface area contributed by atoms with E-state index >= 15 is 0 Å². The predicted molar refractivity (Wildman–Crippen MR) is 88.8 cm³/mol. The quantitative estimate of drug-likeness (QED) is 0.422. The number of quaternary nitrogens is 1. The Labute approximate surface area is 141 Å². The van der Waals surface area contributed by atoms with Crippen LogP contribution in [0.4, 0.5) is 0 Å². The molecule has 1 aliphatic heterocycles. The van der Waals surface area contributed by atoms with Crippen molar-refractivity contribution in [2.45, 2.75) is 13.3 Å². The summed E-state index contributed by atoms with van der Waals surface area (Å²) in [4.78, 5) is 29.0. The van der Waals surface area contributed by atoms with E-state index in [9.17, 15) is 9.59 Å². The van der Waals surface area contributed by atoms with Crippen LogP contribution in [-0.2, 0) is 9.53 Å². The molecule has 3 N–H and O–H groups in total. The van der Waals surface area contributed by atoms with E-state index in [1.165, 1.54) is 17.3 Å². The second-order valence-corrected chi connectivity index (χ2v) is 5.66. The SMILES string of the molecule is C/C(CC(=O)NCC[NH+]1CCOCC1)=N/NC(=O)c1ccncc1. The Bertz CT molecular complexity index is 570. The first-order valence-corrected chi connectivity index (χ1v) is 8.06. The topological polar surface area (TPSA) is 97.1 Å². The van der Waals surface area contributed by atoms with Crippen LogP contribution in [0.5, 0.6) is 0 Å². The van der Waals surface area contributed by atoms with Crippen LogP contribution in [0.1, 0.15) is 23.7 Å². The van der Waals surface area contributed by atoms with Crippen molar-refractivity contribution in [3.8, 4) is 0 Å². The predicted octanol–water partition coefficient (Wildman–Crippen LogP) is -1.39. The molecule has 0 atom stereocenters. The summed E-state index contributed by atoms with van der Waals surface area (Å²) in [5.74, 6) is -0.421. The second kappa shape index (κ2) is 9.74. The molecule has 8 heteroatoms. The fourth-order valence-electron chi connectivity index (χ4n) is 2.34. The highest BCUT2D eigenvalue weighted by Gasteiger charge is 2.13. The summed E-state index contributed by atoms with van der Waals surface area (Å²) in [6.07, 6.45) is 3.24. The number of carbonyl (C=O) groups is 2. The fraction of sp³-hybridized carbons (Fsp3) is 0.500. The highest BCUT2D eigenvalue weighted by molar-refractivity contribution is 6.01. The smallest absolute Gasteiger partial charge is 0.271 e. The van der Waals surface area contributed by atoms with Crippen molar-refractivity contribution in [1.29, 1.82) is 0 Å². The maximum atomic E-state index is 11.9. The van der Waals surface area contributed by atoms with Gasteiger partial charge in [-0.1, -0.05) is 0 Å². The Morgan fingerprint density at radius 3 is 2.71 bits per heavy atom. The average Bonchev–Trinajstić information content (AvgIpc) is 2.61. The Hall–Kier alpha value is -2.32. The number of nitrogens with one attached hydrogen (secondary N) is 3. The zero-order valence-corrected chi connectivity index (χ0v) is 13.9. The number of hydrazone groups is 1. The van der Waals surface area contributed by atoms with Crippen molar-refractivity contribution in [1.82, 2.24) is 15.7 Å². The molecular weight excluding hydrogens is 310 g/mol. The molecule has 1 aromatic heterocycles. The molecule has 1 aliphatic rings. The van der Waals surface area contributed by atoms with E-state index < -0.39 is 0 Å². The van der Waals surface area contributed by atoms with E-state index in [1.54, 1.807) is 19.1 Å². The van der Waals surface area contributed by atoms with Crippen LogP contribution in [0.2, 0.25) is 0 Å². The number of amides is 2. The van der Waals surface area contributed by atoms with Gasteiger partial charge in [-0.05, 0) is 19.1 Å². The van der Waals surface area contributed by atoms with E-state index in [0.717, 1.165) is 32.8 Å². The van der Waals surface area contributed by atoms with Gasteiger partial charge in [0.2, 0.25) is 5.91 Å². The van der Waals surface area contributed by atoms with Crippen LogP contribution >= 0.6 is 0 Å². The van der Waals surface area contributed by atoms with Gasteiger partial charge in [0.05, 0.1) is 32.7 Å². The van der Waals surface area contributed by atoms with Gasteiger partial charge in [-0.3, -0.25) is 14.6 Å². The van der Waals surface area contributed by atoms with Gasteiger partial charge in [0.15, 0.2) is 0 Å². The third-order valence-corrected chi connectivity index (χ3v) is 3.71. The summed E-state index contributed by atoms with van der Waals surface area (Å²) < 4.78 is 5.30. The molecule has 0 radical (unpaired) electrons. The molecule has 0 aromatic carbocycles. The monoisotopic (exact) mass is 334 g/mol. The molecule has 1 aromatic rings. The first kappa shape index (κ1) is 18.0. The lowest BCUT2D eigenvalue weighted by atomic mass is 10.2. The van der Waals surface area contributed by atoms with Gasteiger partial charge in [-0.2, -0.15) is 5.10 Å². The van der Waals surface area contributed by atoms with Gasteiger partial charge in [0.1, 0.15) is 13.1 Å². The number of pyridine rings is 1. The van der Waals surface area contributed by atoms with E-state index in [4.69, 9.17) is 4.74 Å². The zero-order valence-electron chi connectivity index (χ0n) is 13.9. The summed E-state index contributed by atoms with van der Waals surface area (Å²) in [6, 6.07) is 3.20. The van der Waals surface area contributed by atoms with E-state index in [-0.39, 0.29) is 18.2 Å². The summed E-state index contributed by atoms with van der Waals surface area (Å²) in [7, 11) is 0. The van der Waals surface area contributed by atoms with Crippen LogP contribution in [0.15, 0.2) is 29.6 Å². The van der Waals surface area contributed by atoms with Gasteiger partial charge in [0, 0.05) is 23.7 Å². The maximum Gasteiger partial charge on any atom is 0.271 e. The summed E-state index contributed by atoms with van der Waals surface area (Å²) >= 11 is 0. The lowest BCUT2D eigenvalue weighted by molar-refractivity contribution is -0.906. The highest BCUT2D eigenvalue weighted by Crippen LogP contribution is 1.95. The van der Waals surface area contributed by atoms with Crippen LogP contribution in [0.3, 0.4) is 0 Å². The van der Waals surface area contributed by atoms with Crippen molar-refractivity contribution in [3.63, 3.8) is 0 Å². The molecule has 130 valence electrons. The lowest BCUT2D eigenvalue weighted by Gasteiger charge is -2.23. The van der Waals surface area contributed by atoms with Gasteiger partial charge in [-0.15, -0.1) is 0 Å². The minimum Gasteiger partial charge on any atom is -0.370 e. The van der Waals surface area contributed by atoms with Crippen molar-refractivity contribution in [2.75, 3.05) is 39.4 Å². The van der Waals surface area contributed by atoms with Gasteiger partial charge in [0.25, 0.3) is 5.91 Å². The van der Waals surface area contributed by atoms with E-state index in [2.05, 4.69) is 20.8 Å². The molecule has 1 fully saturated rings. The van der Waals surface area contributed by atoms with Crippen molar-refractivity contribution >= 4 is 17.5 Å². The average molecular weight is 334 g/mol. The standard InChI is InChI=1S/C16H23N5O3/c1-13(19-20-16(23)14-2-4-17-5-3-14)12-15(22)18-6-7-21-8-10-24-11-9-21/h2-5H,6-12H2,1H3,(H,18,22)(H,20,23)/p+1/b19-13-. The number of nitrogens with zero attached hydrogens (tertiary/aromatic N) is 2. The van der Waals surface area contributed by atoms with Gasteiger partial charge >= 0.3 is 0 Å². The third kappa shape index (κ3) is 6.43. The Morgan fingerprint density at radius 1 is 1.29 bits per heavy atom. The molecule has 2 rings (SSSR count). The first-order valence-electron chi connectivity index (χ1n) is 8.06. The molecule has 8 nitrogen and oxygen atoms in total. The molecule has 0 unspecified atom stereocenters. The number of aromatic nitrogens is 1. The minimum absolute atomic E-state index is 0.0953. The second-order valence-electron chi connectivity index (χ2n) is 5.66. The molecule has 2 heterocycles. The van der Waals surface area contributed by atoms with Crippen molar-refractivity contribution in [3.05, 3.63) is 30.1 Å². The van der Waals surface area contributed by atoms with Gasteiger partial charge < -0.3 is 15.0 Å². The molecule has 2 amide bonds. The number of hydrogen-bond donors (Lipinski definition) is 3. The molecule has 0 aliphatic carbocycles. The van der Waals surface area contributed by atoms with Crippen molar-refractivity contribution in [2.24, 2.45) is 5.10 Å². The molecule has 0 bridgehead atoms. The Morgan fingerprint density at radius 2 is 2.00 bits per heavy atom. The summed E-state index contributed by atoms with van der Waals surface area (Å²) in [6.45, 7) is 6.77. The zero-order chi connectivity index (χ0) is 17.2. The van der Waals surface area contributed by atoms with E-state index in [0.29, 0.717) is 17.8 Å². The molecule has 1 saturated heterocycles. The van der Waals surface area contributed by atoms with Crippen LogP contribution in [0, 0.1) is 0 Å². The normalized spacial score (nSPS) is 15.8. The van der Waals surface area contributed by atoms with Crippen LogP contribution in [-0.4, -0.2) is 61.9 Å². The summed E-state index contributed by atoms with van der Waals surface area (Å²) in [5.41, 5.74) is 3.46. The number of rotatable bonds is 7. The van der Waals surface area contributed by atoms with Gasteiger partial charge in [-0.25, -0.2) is 5.43 Å². The molecule has 0 saturated carbocycles. The molecule has 24 heavy (non-hydrogen) atoms. The number of carbonyl (C=O) groups excluding carboxylic acids is 2. The largest absolute Gasteiger partial charge is 0.370 e. The number of ether oxygens (including phenoxy) is 1. The fourth-order valence-corrected chi connectivity index (χ4v) is 2.34. The molecular formula is C16H24N5O3+. The van der Waals surface area contributed by atoms with Crippen molar-refractivity contribution < 1.29 is 19.2 Å². The highest BCUT2D eigenvalue weighted by atomic mass is 16.5. The lowest BCUT2D eigenvalue weighted by Crippen LogP contribution is -3.14. The first-order chi connectivity index (χ1) is 11.6.